The first-order valence-electron chi connectivity index (χ1n) is 1.18. The third kappa shape index (κ3) is 0.524. The molecule has 0 aromatic heterocycles. The van der Waals surface area contributed by atoms with Gasteiger partial charge in [-0.25, -0.2) is 0 Å². The van der Waals surface area contributed by atoms with Gasteiger partial charge in [0.1, 0.15) is 6.34 Å². The smallest absolute Gasteiger partial charge is 0.113 e. The van der Waals surface area contributed by atoms with Gasteiger partial charge in [0.15, 0.2) is 0 Å². The van der Waals surface area contributed by atoms with Crippen LogP contribution in [-0.2, 0) is 0 Å². The Hall–Kier alpha value is -0.220. The molecule has 0 saturated carbocycles. The predicted molar refractivity (Wildman–Crippen MR) is 22.4 cm³/mol. The number of nitrogens with zero attached hydrogens (tertiary/aromatic N) is 1. The summed E-state index contributed by atoms with van der Waals surface area (Å²) in [6.45, 7) is 0. The first-order chi connectivity index (χ1) is 2.50. The topological polar surface area (TPSA) is 36.4 Å². The van der Waals surface area contributed by atoms with Crippen molar-refractivity contribution in [1.82, 2.24) is 10.3 Å². The average Bonchev–Trinajstić information content (AvgIpc) is 1.76. The fourth-order valence-corrected chi connectivity index (χ4v) is 0.395. The lowest BCUT2D eigenvalue weighted by molar-refractivity contribution is 0.972. The van der Waals surface area contributed by atoms with Crippen LogP contribution in [0.5, 0.6) is 0 Å². The zero-order valence-electron chi connectivity index (χ0n) is 2.43. The molecule has 0 aliphatic carbocycles. The summed E-state index contributed by atoms with van der Waals surface area (Å²) in [4.78, 5) is 2.67. The normalized spacial score (nSPS) is 19.2. The molecule has 0 unspecified atom stereocenters. The van der Waals surface area contributed by atoms with E-state index in [1.165, 1.54) is 12.1 Å². The molecule has 1 aliphatic heterocycles. The molecule has 0 spiro atoms. The summed E-state index contributed by atoms with van der Waals surface area (Å²) < 4.78 is 3.65. The predicted octanol–water partition coefficient (Wildman–Crippen LogP) is -0.314. The standard InChI is InChI=1S/CH3N3S/c1-2-4-5-3-1/h1,4H,(H,2,3). The summed E-state index contributed by atoms with van der Waals surface area (Å²) in [5.74, 6) is 0. The van der Waals surface area contributed by atoms with E-state index < -0.39 is 0 Å². The van der Waals surface area contributed by atoms with E-state index in [0.717, 1.165) is 0 Å². The number of rotatable bonds is 0. The molecule has 0 fully saturated rings. The Morgan fingerprint density at radius 1 is 1.80 bits per heavy atom. The van der Waals surface area contributed by atoms with Crippen molar-refractivity contribution in [2.75, 3.05) is 0 Å². The van der Waals surface area contributed by atoms with Crippen LogP contribution in [0.25, 0.3) is 0 Å². The van der Waals surface area contributed by atoms with Crippen molar-refractivity contribution in [2.24, 2.45) is 4.40 Å². The third-order valence-corrected chi connectivity index (χ3v) is 0.694. The summed E-state index contributed by atoms with van der Waals surface area (Å²) in [5, 5.41) is 0. The first-order valence-corrected chi connectivity index (χ1v) is 1.96. The third-order valence-electron chi connectivity index (χ3n) is 0.275. The summed E-state index contributed by atoms with van der Waals surface area (Å²) in [5.41, 5.74) is 2.64. The van der Waals surface area contributed by atoms with Crippen molar-refractivity contribution in [3.05, 3.63) is 0 Å². The molecule has 28 valence electrons. The molecule has 0 atom stereocenters. The van der Waals surface area contributed by atoms with Gasteiger partial charge in [0.2, 0.25) is 0 Å². The van der Waals surface area contributed by atoms with E-state index in [0.29, 0.717) is 0 Å². The Labute approximate surface area is 34.1 Å². The molecular formula is CH3N3S. The highest BCUT2D eigenvalue weighted by Gasteiger charge is 1.81. The zero-order chi connectivity index (χ0) is 3.54. The van der Waals surface area contributed by atoms with Gasteiger partial charge >= 0.3 is 0 Å². The number of hydrazine groups is 1. The number of hydrogen-bond acceptors (Lipinski definition) is 4. The lowest BCUT2D eigenvalue weighted by atomic mass is 11.4. The maximum Gasteiger partial charge on any atom is 0.113 e. The van der Waals surface area contributed by atoms with Crippen LogP contribution in [0.4, 0.5) is 0 Å². The van der Waals surface area contributed by atoms with E-state index in [4.69, 9.17) is 0 Å². The van der Waals surface area contributed by atoms with Crippen molar-refractivity contribution in [3.8, 4) is 0 Å². The van der Waals surface area contributed by atoms with Crippen LogP contribution in [0.15, 0.2) is 4.40 Å². The molecule has 0 bridgehead atoms. The van der Waals surface area contributed by atoms with E-state index in [2.05, 4.69) is 14.7 Å². The van der Waals surface area contributed by atoms with Crippen molar-refractivity contribution < 1.29 is 0 Å². The van der Waals surface area contributed by atoms with Crippen LogP contribution < -0.4 is 10.3 Å². The molecule has 0 aromatic carbocycles. The van der Waals surface area contributed by atoms with E-state index in [1.807, 2.05) is 0 Å². The second-order valence-electron chi connectivity index (χ2n) is 0.572. The van der Waals surface area contributed by atoms with Crippen molar-refractivity contribution in [3.63, 3.8) is 0 Å². The molecule has 1 aliphatic rings. The molecule has 0 saturated heterocycles. The van der Waals surface area contributed by atoms with Gasteiger partial charge in [0, 0.05) is 0 Å². The van der Waals surface area contributed by atoms with Gasteiger partial charge in [-0.3, -0.25) is 0 Å². The molecule has 5 heavy (non-hydrogen) atoms. The highest BCUT2D eigenvalue weighted by Crippen LogP contribution is 1.91. The van der Waals surface area contributed by atoms with Gasteiger partial charge in [-0.1, -0.05) is 0 Å². The van der Waals surface area contributed by atoms with Gasteiger partial charge < -0.3 is 5.43 Å². The lowest BCUT2D eigenvalue weighted by Gasteiger charge is -1.78. The minimum atomic E-state index is 1.28. The largest absolute Gasteiger partial charge is 0.300 e. The summed E-state index contributed by atoms with van der Waals surface area (Å²) in [7, 11) is 0. The SMILES string of the molecule is C1=NSNN1. The Morgan fingerprint density at radius 2 is 2.80 bits per heavy atom. The lowest BCUT2D eigenvalue weighted by Crippen LogP contribution is -2.16. The first kappa shape index (κ1) is 2.99. The highest BCUT2D eigenvalue weighted by molar-refractivity contribution is 7.96. The van der Waals surface area contributed by atoms with E-state index >= 15 is 0 Å². The molecule has 0 amide bonds. The van der Waals surface area contributed by atoms with Crippen LogP contribution in [0.3, 0.4) is 0 Å². The van der Waals surface area contributed by atoms with Gasteiger partial charge in [0.05, 0.1) is 12.1 Å². The molecular weight excluding hydrogens is 86.1 g/mol. The maximum absolute atomic E-state index is 3.65. The Morgan fingerprint density at radius 3 is 3.00 bits per heavy atom. The molecule has 0 aromatic rings. The summed E-state index contributed by atoms with van der Waals surface area (Å²) >= 11 is 1.28. The Bertz CT molecular complexity index is 44.9. The van der Waals surface area contributed by atoms with Crippen molar-refractivity contribution in [1.29, 1.82) is 0 Å². The summed E-state index contributed by atoms with van der Waals surface area (Å²) in [6.07, 6.45) is 1.59. The fraction of sp³-hybridized carbons (Fsp3) is 0. The van der Waals surface area contributed by atoms with Gasteiger partial charge in [-0.2, -0.15) is 9.23 Å². The molecule has 2 N–H and O–H groups in total. The van der Waals surface area contributed by atoms with Gasteiger partial charge in [-0.05, 0) is 0 Å². The average molecular weight is 89.1 g/mol. The molecule has 1 rings (SSSR count). The molecule has 3 nitrogen and oxygen atoms in total. The van der Waals surface area contributed by atoms with E-state index in [-0.39, 0.29) is 0 Å². The van der Waals surface area contributed by atoms with Crippen LogP contribution in [-0.4, -0.2) is 6.34 Å². The Balaban J connectivity index is 2.32. The summed E-state index contributed by atoms with van der Waals surface area (Å²) in [6, 6.07) is 0. The van der Waals surface area contributed by atoms with Crippen LogP contribution in [0.1, 0.15) is 0 Å². The maximum atomic E-state index is 3.65. The second-order valence-corrected chi connectivity index (χ2v) is 1.17. The zero-order valence-corrected chi connectivity index (χ0v) is 3.25. The van der Waals surface area contributed by atoms with E-state index in [9.17, 15) is 0 Å². The highest BCUT2D eigenvalue weighted by atomic mass is 32.2. The second kappa shape index (κ2) is 1.28. The van der Waals surface area contributed by atoms with Gasteiger partial charge in [-0.15, -0.1) is 0 Å². The van der Waals surface area contributed by atoms with Crippen molar-refractivity contribution in [2.45, 2.75) is 0 Å². The minimum Gasteiger partial charge on any atom is -0.300 e. The Kier molecular flexibility index (Phi) is 0.764. The van der Waals surface area contributed by atoms with Crippen LogP contribution in [0.2, 0.25) is 0 Å². The molecule has 4 heteroatoms. The van der Waals surface area contributed by atoms with E-state index in [1.54, 1.807) is 6.34 Å². The molecule has 1 heterocycles. The molecule has 0 radical (unpaired) electrons. The number of hydrogen-bond donors (Lipinski definition) is 2. The quantitative estimate of drug-likeness (QED) is 0.399. The monoisotopic (exact) mass is 89.0 g/mol. The fourth-order valence-electron chi connectivity index (χ4n) is 0.132. The van der Waals surface area contributed by atoms with Crippen LogP contribution >= 0.6 is 12.1 Å². The van der Waals surface area contributed by atoms with Crippen LogP contribution in [0, 0.1) is 0 Å². The number of nitrogens with one attached hydrogen (secondary N) is 2. The van der Waals surface area contributed by atoms with Gasteiger partial charge in [0.25, 0.3) is 0 Å². The van der Waals surface area contributed by atoms with Crippen molar-refractivity contribution >= 4 is 18.5 Å². The minimum absolute atomic E-state index is 1.28.